The number of hydrogen-bond donors (Lipinski definition) is 4. The zero-order chi connectivity index (χ0) is 30.8. The first-order valence-corrected chi connectivity index (χ1v) is 15.4. The van der Waals surface area contributed by atoms with Crippen molar-refractivity contribution in [1.29, 1.82) is 0 Å². The van der Waals surface area contributed by atoms with E-state index < -0.39 is 43.6 Å². The molecule has 2 heterocycles. The monoisotopic (exact) mass is 614 g/mol. The molecule has 1 aromatic heterocycles. The van der Waals surface area contributed by atoms with Crippen molar-refractivity contribution < 1.29 is 41.4 Å². The molecule has 218 valence electrons. The number of carbonyl (C=O) groups excluding carboxylic acids is 1. The van der Waals surface area contributed by atoms with Gasteiger partial charge in [0, 0.05) is 23.1 Å². The average molecular weight is 615 g/mol. The third-order valence-electron chi connectivity index (χ3n) is 5.41. The molecule has 0 fully saturated rings. The van der Waals surface area contributed by atoms with E-state index in [2.05, 4.69) is 19.6 Å². The highest BCUT2D eigenvalue weighted by molar-refractivity contribution is 7.92. The molecule has 0 aliphatic carbocycles. The third-order valence-corrected chi connectivity index (χ3v) is 6.63. The molecule has 1 aliphatic rings. The number of carboxylic acid groups (broad SMARTS) is 2. The van der Waals surface area contributed by atoms with Crippen LogP contribution in [0.15, 0.2) is 77.6 Å². The number of allylic oxidation sites excluding steroid dienone is 2. The number of carboxylic acids is 2. The van der Waals surface area contributed by atoms with Crippen LogP contribution in [0.4, 0.5) is 17.1 Å². The van der Waals surface area contributed by atoms with Crippen molar-refractivity contribution >= 4 is 66.7 Å². The lowest BCUT2D eigenvalue weighted by atomic mass is 10.1. The lowest BCUT2D eigenvalue weighted by Crippen LogP contribution is -2.22. The quantitative estimate of drug-likeness (QED) is 0.242. The number of hydrazone groups is 1. The predicted molar refractivity (Wildman–Crippen MR) is 154 cm³/mol. The van der Waals surface area contributed by atoms with E-state index in [0.717, 1.165) is 17.5 Å². The highest BCUT2D eigenvalue weighted by atomic mass is 32.2. The number of rotatable bonds is 10. The van der Waals surface area contributed by atoms with Crippen molar-refractivity contribution in [2.24, 2.45) is 5.10 Å². The second-order valence-corrected chi connectivity index (χ2v) is 12.3. The summed E-state index contributed by atoms with van der Waals surface area (Å²) in [6.07, 6.45) is 7.13. The van der Waals surface area contributed by atoms with Crippen molar-refractivity contribution in [2.45, 2.75) is 0 Å². The molecule has 0 bridgehead atoms. The normalized spacial score (nSPS) is 14.8. The van der Waals surface area contributed by atoms with E-state index in [4.69, 9.17) is 0 Å². The number of aromatic nitrogens is 2. The molecule has 17 heteroatoms. The Kier molecular flexibility index (Phi) is 7.99. The third kappa shape index (κ3) is 7.07. The first kappa shape index (κ1) is 29.7. The van der Waals surface area contributed by atoms with Crippen molar-refractivity contribution in [3.63, 3.8) is 0 Å². The highest BCUT2D eigenvalue weighted by Crippen LogP contribution is 2.26. The van der Waals surface area contributed by atoms with Crippen molar-refractivity contribution in [1.82, 2.24) is 9.78 Å². The zero-order valence-electron chi connectivity index (χ0n) is 21.8. The fourth-order valence-electron chi connectivity index (χ4n) is 3.73. The number of amides is 1. The van der Waals surface area contributed by atoms with Crippen LogP contribution >= 0.6 is 0 Å². The van der Waals surface area contributed by atoms with Gasteiger partial charge in [0.05, 0.1) is 29.5 Å². The summed E-state index contributed by atoms with van der Waals surface area (Å²) in [5.41, 5.74) is 0.0820. The molecular weight excluding hydrogens is 592 g/mol. The van der Waals surface area contributed by atoms with Gasteiger partial charge in [0.15, 0.2) is 11.4 Å². The Morgan fingerprint density at radius 1 is 0.833 bits per heavy atom. The Morgan fingerprint density at radius 2 is 1.36 bits per heavy atom. The predicted octanol–water partition coefficient (Wildman–Crippen LogP) is 1.74. The number of nitrogens with zero attached hydrogens (tertiary/aromatic N) is 4. The summed E-state index contributed by atoms with van der Waals surface area (Å²) >= 11 is 0. The molecule has 0 saturated heterocycles. The van der Waals surface area contributed by atoms with Gasteiger partial charge in [0.2, 0.25) is 20.0 Å². The minimum Gasteiger partial charge on any atom is -0.476 e. The number of aromatic carboxylic acids is 1. The van der Waals surface area contributed by atoms with Gasteiger partial charge < -0.3 is 10.2 Å². The number of carbonyl (C=O) groups is 3. The number of hydrogen-bond acceptors (Lipinski definition) is 9. The molecule has 2 aromatic carbocycles. The van der Waals surface area contributed by atoms with E-state index in [0.29, 0.717) is 11.4 Å². The van der Waals surface area contributed by atoms with E-state index in [9.17, 15) is 41.4 Å². The van der Waals surface area contributed by atoms with Crippen molar-refractivity contribution in [3.8, 4) is 5.69 Å². The highest BCUT2D eigenvalue weighted by Gasteiger charge is 2.34. The molecule has 0 atom stereocenters. The first-order valence-electron chi connectivity index (χ1n) is 11.7. The van der Waals surface area contributed by atoms with Crippen LogP contribution in [0.5, 0.6) is 0 Å². The molecule has 1 amide bonds. The molecule has 1 aliphatic heterocycles. The van der Waals surface area contributed by atoms with Crippen LogP contribution in [0.1, 0.15) is 16.1 Å². The van der Waals surface area contributed by atoms with Crippen molar-refractivity contribution in [2.75, 3.05) is 27.0 Å². The summed E-state index contributed by atoms with van der Waals surface area (Å²) in [5.74, 6) is -3.60. The van der Waals surface area contributed by atoms with E-state index in [-0.39, 0.29) is 28.2 Å². The standard InChI is InChI=1S/C25H22N6O9S2/c1-41(37,38)28-16-6-10-18(11-7-16)30-14-15(21(26-30)24(33)34)4-3-5-20-22(25(35)36)27-31(23(20)32)19-12-8-17(9-13-19)29-42(2,39)40/h3-14,28-29H,1-2H3,(H,33,34)(H,35,36)/b4-3?,20-5-. The Balaban J connectivity index is 1.59. The number of aliphatic carboxylic acids is 1. The number of benzene rings is 2. The maximum atomic E-state index is 13.0. The minimum absolute atomic E-state index is 0.128. The Bertz CT molecular complexity index is 1890. The van der Waals surface area contributed by atoms with Crippen LogP contribution in [0, 0.1) is 0 Å². The molecule has 3 aromatic rings. The van der Waals surface area contributed by atoms with E-state index in [1.54, 1.807) is 0 Å². The SMILES string of the molecule is CS(=O)(=O)Nc1ccc(N2N=C(C(=O)O)/C(=C/C=Cc3cn(-c4ccc(NS(C)(=O)=O)cc4)nc3C(=O)O)C2=O)cc1. The Labute approximate surface area is 239 Å². The van der Waals surface area contributed by atoms with E-state index in [1.165, 1.54) is 77.6 Å². The van der Waals surface area contributed by atoms with Crippen LogP contribution in [-0.2, 0) is 29.6 Å². The average Bonchev–Trinajstić information content (AvgIpc) is 3.45. The fourth-order valence-corrected chi connectivity index (χ4v) is 4.86. The Morgan fingerprint density at radius 3 is 1.83 bits per heavy atom. The number of nitrogens with one attached hydrogen (secondary N) is 2. The topological polar surface area (TPSA) is 217 Å². The summed E-state index contributed by atoms with van der Waals surface area (Å²) in [6.45, 7) is 0. The molecule has 42 heavy (non-hydrogen) atoms. The molecule has 4 rings (SSSR count). The van der Waals surface area contributed by atoms with Gasteiger partial charge in [0.25, 0.3) is 5.91 Å². The summed E-state index contributed by atoms with van der Waals surface area (Å²) < 4.78 is 51.5. The molecule has 15 nitrogen and oxygen atoms in total. The van der Waals surface area contributed by atoms with Gasteiger partial charge in [-0.05, 0) is 54.6 Å². The maximum Gasteiger partial charge on any atom is 0.357 e. The van der Waals surface area contributed by atoms with Gasteiger partial charge in [-0.25, -0.2) is 31.1 Å². The van der Waals surface area contributed by atoms with Gasteiger partial charge in [-0.2, -0.15) is 15.2 Å². The van der Waals surface area contributed by atoms with Crippen LogP contribution in [0.2, 0.25) is 0 Å². The molecule has 4 N–H and O–H groups in total. The summed E-state index contributed by atoms with van der Waals surface area (Å²) in [4.78, 5) is 36.6. The summed E-state index contributed by atoms with van der Waals surface area (Å²) in [5, 5.41) is 28.0. The maximum absolute atomic E-state index is 13.0. The lowest BCUT2D eigenvalue weighted by Gasteiger charge is -2.12. The minimum atomic E-state index is -3.53. The molecular formula is C25H22N6O9S2. The van der Waals surface area contributed by atoms with Gasteiger partial charge in [0.1, 0.15) is 0 Å². The summed E-state index contributed by atoms with van der Waals surface area (Å²) in [6, 6.07) is 11.5. The van der Waals surface area contributed by atoms with Gasteiger partial charge in [-0.15, -0.1) is 0 Å². The second kappa shape index (κ2) is 11.3. The molecule has 0 unspecified atom stereocenters. The van der Waals surface area contributed by atoms with Crippen LogP contribution in [-0.4, -0.2) is 72.9 Å². The van der Waals surface area contributed by atoms with Gasteiger partial charge in [-0.3, -0.25) is 14.2 Å². The van der Waals surface area contributed by atoms with E-state index in [1.807, 2.05) is 0 Å². The Hall–Kier alpha value is -5.29. The number of anilines is 3. The van der Waals surface area contributed by atoms with Gasteiger partial charge >= 0.3 is 11.9 Å². The van der Waals surface area contributed by atoms with Crippen LogP contribution in [0.25, 0.3) is 11.8 Å². The lowest BCUT2D eigenvalue weighted by molar-refractivity contribution is -0.129. The fraction of sp³-hybridized carbons (Fsp3) is 0.0800. The smallest absolute Gasteiger partial charge is 0.357 e. The second-order valence-electron chi connectivity index (χ2n) is 8.84. The summed E-state index contributed by atoms with van der Waals surface area (Å²) in [7, 11) is -7.02. The largest absolute Gasteiger partial charge is 0.476 e. The molecule has 0 radical (unpaired) electrons. The molecule has 0 spiro atoms. The zero-order valence-corrected chi connectivity index (χ0v) is 23.4. The van der Waals surface area contributed by atoms with E-state index >= 15 is 0 Å². The number of sulfonamides is 2. The first-order chi connectivity index (χ1) is 19.6. The van der Waals surface area contributed by atoms with Gasteiger partial charge in [-0.1, -0.05) is 12.2 Å². The van der Waals surface area contributed by atoms with Crippen molar-refractivity contribution in [3.05, 3.63) is 83.7 Å². The van der Waals surface area contributed by atoms with Crippen LogP contribution in [0.3, 0.4) is 0 Å². The molecule has 0 saturated carbocycles. The van der Waals surface area contributed by atoms with Crippen LogP contribution < -0.4 is 14.5 Å².